The van der Waals surface area contributed by atoms with Crippen LogP contribution in [0.25, 0.3) is 0 Å². The highest BCUT2D eigenvalue weighted by Gasteiger charge is 2.44. The minimum atomic E-state index is -0.0994. The largest absolute Gasteiger partial charge is 0.299 e. The number of benzene rings is 1. The molecule has 1 heteroatoms. The van der Waals surface area contributed by atoms with Gasteiger partial charge in [-0.05, 0) is 42.9 Å². The molecule has 0 amide bonds. The lowest BCUT2D eigenvalue weighted by molar-refractivity contribution is -0.126. The van der Waals surface area contributed by atoms with Gasteiger partial charge in [-0.15, -0.1) is 0 Å². The highest BCUT2D eigenvalue weighted by molar-refractivity contribution is 5.92. The predicted octanol–water partition coefficient (Wildman–Crippen LogP) is 3.71. The molecule has 1 spiro atoms. The Morgan fingerprint density at radius 2 is 1.82 bits per heavy atom. The van der Waals surface area contributed by atoms with E-state index < -0.39 is 0 Å². The minimum Gasteiger partial charge on any atom is -0.299 e. The summed E-state index contributed by atoms with van der Waals surface area (Å²) < 4.78 is 0. The first-order chi connectivity index (χ1) is 8.24. The lowest BCUT2D eigenvalue weighted by Gasteiger charge is -2.41. The summed E-state index contributed by atoms with van der Waals surface area (Å²) in [6.45, 7) is 2.19. The topological polar surface area (TPSA) is 17.1 Å². The average Bonchev–Trinajstić information content (AvgIpc) is 2.36. The normalized spacial score (nSPS) is 22.5. The molecule has 0 aromatic heterocycles. The quantitative estimate of drug-likeness (QED) is 0.661. The number of ketones is 1. The Hall–Kier alpha value is -1.11. The average molecular weight is 228 g/mol. The molecule has 2 aliphatic carbocycles. The summed E-state index contributed by atoms with van der Waals surface area (Å²) in [4.78, 5) is 12.4. The van der Waals surface area contributed by atoms with Gasteiger partial charge >= 0.3 is 0 Å². The summed E-state index contributed by atoms with van der Waals surface area (Å²) in [5.74, 6) is 0.510. The number of carbonyl (C=O) groups excluding carboxylic acids is 1. The highest BCUT2D eigenvalue weighted by atomic mass is 16.1. The van der Waals surface area contributed by atoms with Crippen molar-refractivity contribution in [3.8, 4) is 0 Å². The van der Waals surface area contributed by atoms with Crippen molar-refractivity contribution in [2.24, 2.45) is 0 Å². The van der Waals surface area contributed by atoms with Crippen molar-refractivity contribution in [1.29, 1.82) is 0 Å². The van der Waals surface area contributed by atoms with Crippen molar-refractivity contribution in [1.82, 2.24) is 0 Å². The van der Waals surface area contributed by atoms with Crippen LogP contribution in [0.3, 0.4) is 0 Å². The molecule has 3 rings (SSSR count). The molecule has 1 saturated carbocycles. The van der Waals surface area contributed by atoms with Crippen LogP contribution in [0.5, 0.6) is 0 Å². The van der Waals surface area contributed by atoms with Crippen LogP contribution in [-0.2, 0) is 16.6 Å². The maximum absolute atomic E-state index is 12.4. The smallest absolute Gasteiger partial charge is 0.143 e. The van der Waals surface area contributed by atoms with E-state index in [4.69, 9.17) is 0 Å². The number of Topliss-reactive ketones (excluding diaryl/α,β-unsaturated/α-hetero) is 1. The Bertz CT molecular complexity index is 453. The zero-order chi connectivity index (χ0) is 11.9. The van der Waals surface area contributed by atoms with E-state index >= 15 is 0 Å². The lowest BCUT2D eigenvalue weighted by Crippen LogP contribution is -2.42. The van der Waals surface area contributed by atoms with E-state index in [1.165, 1.54) is 36.0 Å². The first kappa shape index (κ1) is 11.0. The molecule has 0 bridgehead atoms. The first-order valence-corrected chi connectivity index (χ1v) is 6.86. The predicted molar refractivity (Wildman–Crippen MR) is 69.3 cm³/mol. The molecule has 0 unspecified atom stereocenters. The van der Waals surface area contributed by atoms with Crippen LogP contribution in [0.2, 0.25) is 0 Å². The summed E-state index contributed by atoms with van der Waals surface area (Å²) in [7, 11) is 0. The van der Waals surface area contributed by atoms with Gasteiger partial charge in [-0.25, -0.2) is 0 Å². The molecule has 1 aromatic rings. The molecule has 1 aromatic carbocycles. The third-order valence-corrected chi connectivity index (χ3v) is 4.77. The molecular formula is C16H20O. The molecule has 0 radical (unpaired) electrons. The van der Waals surface area contributed by atoms with Crippen molar-refractivity contribution in [3.05, 3.63) is 34.9 Å². The monoisotopic (exact) mass is 228 g/mol. The second-order valence-electron chi connectivity index (χ2n) is 5.67. The first-order valence-electron chi connectivity index (χ1n) is 6.86. The second kappa shape index (κ2) is 3.97. The van der Waals surface area contributed by atoms with Gasteiger partial charge in [0.05, 0.1) is 5.41 Å². The fourth-order valence-corrected chi connectivity index (χ4v) is 3.81. The van der Waals surface area contributed by atoms with Crippen molar-refractivity contribution in [2.75, 3.05) is 0 Å². The van der Waals surface area contributed by atoms with Gasteiger partial charge in [0, 0.05) is 6.42 Å². The Kier molecular flexibility index (Phi) is 2.57. The summed E-state index contributed by atoms with van der Waals surface area (Å²) in [5.41, 5.74) is 4.11. The van der Waals surface area contributed by atoms with Gasteiger partial charge in [-0.3, -0.25) is 4.79 Å². The van der Waals surface area contributed by atoms with Gasteiger partial charge in [0.2, 0.25) is 0 Å². The van der Waals surface area contributed by atoms with Crippen LogP contribution in [0, 0.1) is 6.92 Å². The molecule has 90 valence electrons. The van der Waals surface area contributed by atoms with Crippen LogP contribution in [0.1, 0.15) is 55.2 Å². The van der Waals surface area contributed by atoms with Crippen molar-refractivity contribution in [3.63, 3.8) is 0 Å². The molecule has 2 aliphatic rings. The fraction of sp³-hybridized carbons (Fsp3) is 0.562. The van der Waals surface area contributed by atoms with E-state index in [2.05, 4.69) is 25.1 Å². The number of aryl methyl sites for hydroxylation is 1. The molecule has 0 aliphatic heterocycles. The number of fused-ring (bicyclic) bond motifs is 2. The Morgan fingerprint density at radius 1 is 1.06 bits per heavy atom. The van der Waals surface area contributed by atoms with Gasteiger partial charge in [0.25, 0.3) is 0 Å². The van der Waals surface area contributed by atoms with Crippen LogP contribution >= 0.6 is 0 Å². The van der Waals surface area contributed by atoms with Gasteiger partial charge < -0.3 is 0 Å². The van der Waals surface area contributed by atoms with Crippen molar-refractivity contribution in [2.45, 2.75) is 57.3 Å². The maximum atomic E-state index is 12.4. The second-order valence-corrected chi connectivity index (χ2v) is 5.67. The molecule has 0 atom stereocenters. The molecule has 0 N–H and O–H groups in total. The maximum Gasteiger partial charge on any atom is 0.143 e. The summed E-state index contributed by atoms with van der Waals surface area (Å²) in [6, 6.07) is 6.53. The molecule has 0 saturated heterocycles. The van der Waals surface area contributed by atoms with Crippen LogP contribution in [0.15, 0.2) is 18.2 Å². The molecule has 1 fully saturated rings. The highest BCUT2D eigenvalue weighted by Crippen LogP contribution is 2.45. The van der Waals surface area contributed by atoms with Crippen LogP contribution in [-0.4, -0.2) is 5.78 Å². The molecule has 0 heterocycles. The summed E-state index contributed by atoms with van der Waals surface area (Å²) in [5, 5.41) is 0. The fourth-order valence-electron chi connectivity index (χ4n) is 3.81. The molecular weight excluding hydrogens is 208 g/mol. The SMILES string of the molecule is Cc1cccc2c1CCC(=O)C21CCCCC1. The Balaban J connectivity index is 2.16. The van der Waals surface area contributed by atoms with Crippen molar-refractivity contribution < 1.29 is 4.79 Å². The van der Waals surface area contributed by atoms with Gasteiger partial charge in [-0.1, -0.05) is 37.5 Å². The van der Waals surface area contributed by atoms with E-state index in [-0.39, 0.29) is 5.41 Å². The van der Waals surface area contributed by atoms with Crippen LogP contribution in [0.4, 0.5) is 0 Å². The number of hydrogen-bond donors (Lipinski definition) is 0. The zero-order valence-corrected chi connectivity index (χ0v) is 10.6. The molecule has 1 nitrogen and oxygen atoms in total. The van der Waals surface area contributed by atoms with Crippen molar-refractivity contribution >= 4 is 5.78 Å². The zero-order valence-electron chi connectivity index (χ0n) is 10.6. The van der Waals surface area contributed by atoms with Crippen LogP contribution < -0.4 is 0 Å². The van der Waals surface area contributed by atoms with E-state index in [1.54, 1.807) is 0 Å². The van der Waals surface area contributed by atoms with Gasteiger partial charge in [-0.2, -0.15) is 0 Å². The Morgan fingerprint density at radius 3 is 2.59 bits per heavy atom. The van der Waals surface area contributed by atoms with E-state index in [0.717, 1.165) is 25.7 Å². The lowest BCUT2D eigenvalue weighted by atomic mass is 9.61. The Labute approximate surface area is 103 Å². The van der Waals surface area contributed by atoms with E-state index in [9.17, 15) is 4.79 Å². The summed E-state index contributed by atoms with van der Waals surface area (Å²) in [6.07, 6.45) is 7.64. The van der Waals surface area contributed by atoms with Gasteiger partial charge in [0.15, 0.2) is 0 Å². The van der Waals surface area contributed by atoms with E-state index in [0.29, 0.717) is 5.78 Å². The standard InChI is InChI=1S/C16H20O/c1-12-6-5-7-14-13(12)8-9-15(17)16(14)10-3-2-4-11-16/h5-7H,2-4,8-11H2,1H3. The third-order valence-electron chi connectivity index (χ3n) is 4.77. The number of carbonyl (C=O) groups is 1. The van der Waals surface area contributed by atoms with Gasteiger partial charge in [0.1, 0.15) is 5.78 Å². The van der Waals surface area contributed by atoms with E-state index in [1.807, 2.05) is 0 Å². The number of hydrogen-bond acceptors (Lipinski definition) is 1. The minimum absolute atomic E-state index is 0.0994. The molecule has 17 heavy (non-hydrogen) atoms. The third kappa shape index (κ3) is 1.55. The number of rotatable bonds is 0. The summed E-state index contributed by atoms with van der Waals surface area (Å²) >= 11 is 0.